The topological polar surface area (TPSA) is 310 Å². The number of quaternary nitrogens is 1. The number of carbonyl (C=O) groups excluding carboxylic acids is 10. The van der Waals surface area contributed by atoms with E-state index in [-0.39, 0.29) is 128 Å². The fraction of sp³-hybridized carbons (Fsp3) is 0.704. The summed E-state index contributed by atoms with van der Waals surface area (Å²) < 4.78 is 13.0. The molecule has 532 valence electrons. The van der Waals surface area contributed by atoms with E-state index in [1.807, 2.05) is 80.5 Å². The zero-order valence-electron chi connectivity index (χ0n) is 59.9. The molecule has 8 N–H and O–H groups in total. The second kappa shape index (κ2) is 39.4. The molecule has 95 heavy (non-hydrogen) atoms. The molecule has 1 aromatic carbocycles. The third kappa shape index (κ3) is 24.6. The van der Waals surface area contributed by atoms with E-state index in [9.17, 15) is 47.9 Å². The molecule has 0 aliphatic carbocycles. The highest BCUT2D eigenvalue weighted by molar-refractivity contribution is 5.97. The quantitative estimate of drug-likeness (QED) is 0.0314. The normalized spacial score (nSPS) is 19.7. The first-order valence-electron chi connectivity index (χ1n) is 34.5. The molecule has 24 heteroatoms. The Labute approximate surface area is 565 Å². The number of carbonyl (C=O) groups is 10. The number of piperidine rings is 1. The van der Waals surface area contributed by atoms with Crippen LogP contribution in [0.1, 0.15) is 151 Å². The first kappa shape index (κ1) is 80.5. The summed E-state index contributed by atoms with van der Waals surface area (Å²) in [4.78, 5) is 146. The number of hydrogen-bond acceptors (Lipinski definition) is 14. The number of primary amides is 1. The molecule has 1 aromatic heterocycles. The van der Waals surface area contributed by atoms with Crippen LogP contribution >= 0.6 is 0 Å². The lowest BCUT2D eigenvalue weighted by Crippen LogP contribution is -2.59. The number of hydrogen-bond donors (Lipinski definition) is 7. The monoisotopic (exact) mass is 1330 g/mol. The summed E-state index contributed by atoms with van der Waals surface area (Å²) in [6.07, 6.45) is 4.96. The molecule has 2 fully saturated rings. The van der Waals surface area contributed by atoms with Crippen molar-refractivity contribution in [3.8, 4) is 0 Å². The molecule has 11 atom stereocenters. The number of Topliss-reactive ketones (excluding diaryl/α,β-unsaturated/α-hetero) is 2. The number of likely N-dealkylation sites (N-methyl/N-ethyl adjacent to an activating group) is 2. The maximum Gasteiger partial charge on any atom is 0.312 e. The summed E-state index contributed by atoms with van der Waals surface area (Å²) >= 11 is 0. The van der Waals surface area contributed by atoms with Gasteiger partial charge in [-0.15, -0.1) is 0 Å². The number of benzene rings is 1. The third-order valence-electron chi connectivity index (χ3n) is 19.7. The minimum Gasteiger partial charge on any atom is -0.379 e. The molecule has 24 nitrogen and oxygen atoms in total. The van der Waals surface area contributed by atoms with E-state index >= 15 is 0 Å². The number of amides is 9. The number of ether oxygens (including phenoxy) is 2. The van der Waals surface area contributed by atoms with E-state index in [0.29, 0.717) is 55.6 Å². The average Bonchev–Trinajstić information content (AvgIpc) is 1.80. The van der Waals surface area contributed by atoms with Crippen molar-refractivity contribution in [3.05, 3.63) is 59.9 Å². The molecule has 2 saturated heterocycles. The Balaban J connectivity index is 1.43. The van der Waals surface area contributed by atoms with Gasteiger partial charge < -0.3 is 61.4 Å². The van der Waals surface area contributed by atoms with Crippen LogP contribution in [0, 0.1) is 47.3 Å². The fourth-order valence-electron chi connectivity index (χ4n) is 13.8. The van der Waals surface area contributed by atoms with Crippen LogP contribution in [-0.4, -0.2) is 208 Å². The smallest absolute Gasteiger partial charge is 0.312 e. The van der Waals surface area contributed by atoms with Crippen molar-refractivity contribution in [2.45, 2.75) is 195 Å². The number of aromatic nitrogens is 1. The second-order valence-corrected chi connectivity index (χ2v) is 28.1. The Morgan fingerprint density at radius 3 is 1.96 bits per heavy atom. The summed E-state index contributed by atoms with van der Waals surface area (Å²) in [5.41, 5.74) is 7.07. The van der Waals surface area contributed by atoms with Crippen molar-refractivity contribution >= 4 is 64.6 Å². The summed E-state index contributed by atoms with van der Waals surface area (Å²) in [6.45, 7) is 20.4. The predicted molar refractivity (Wildman–Crippen MR) is 367 cm³/mol. The van der Waals surface area contributed by atoms with Crippen LogP contribution in [0.3, 0.4) is 0 Å². The fourth-order valence-corrected chi connectivity index (χ4v) is 13.8. The summed E-state index contributed by atoms with van der Waals surface area (Å²) in [6, 6.07) is 8.47. The number of likely N-dealkylation sites (tertiary alicyclic amines) is 2. The number of rotatable bonds is 40. The molecule has 2 aliphatic rings. The van der Waals surface area contributed by atoms with Crippen molar-refractivity contribution in [2.75, 3.05) is 87.5 Å². The molecule has 2 aromatic rings. The van der Waals surface area contributed by atoms with Crippen molar-refractivity contribution < 1.29 is 61.9 Å². The van der Waals surface area contributed by atoms with Crippen LogP contribution in [0.5, 0.6) is 0 Å². The first-order valence-corrected chi connectivity index (χ1v) is 34.5. The zero-order chi connectivity index (χ0) is 70.9. The third-order valence-corrected chi connectivity index (χ3v) is 19.7. The lowest BCUT2D eigenvalue weighted by atomic mass is 9.85. The summed E-state index contributed by atoms with van der Waals surface area (Å²) in [5.74, 6) is -5.17. The van der Waals surface area contributed by atoms with Crippen molar-refractivity contribution in [2.24, 2.45) is 53.1 Å². The Hall–Kier alpha value is -6.89. The number of urea groups is 1. The van der Waals surface area contributed by atoms with Gasteiger partial charge in [0.1, 0.15) is 11.8 Å². The average molecular weight is 1330 g/mol. The maximum atomic E-state index is 14.7. The summed E-state index contributed by atoms with van der Waals surface area (Å²) in [5, 5.41) is 17.2. The summed E-state index contributed by atoms with van der Waals surface area (Å²) in [7, 11) is 12.3. The number of nitrogens with one attached hydrogen (secondary N) is 6. The predicted octanol–water partition coefficient (Wildman–Crippen LogP) is 5.65. The van der Waals surface area contributed by atoms with Crippen molar-refractivity contribution in [1.29, 1.82) is 0 Å². The van der Waals surface area contributed by atoms with Crippen LogP contribution in [0.4, 0.5) is 10.5 Å². The van der Waals surface area contributed by atoms with Crippen molar-refractivity contribution in [3.63, 3.8) is 0 Å². The molecule has 3 heterocycles. The molecule has 0 unspecified atom stereocenters. The molecule has 0 spiro atoms. The minimum atomic E-state index is -0.833. The molecule has 4 rings (SSSR count). The van der Waals surface area contributed by atoms with E-state index in [2.05, 4.69) is 43.9 Å². The van der Waals surface area contributed by atoms with Gasteiger partial charge in [0.05, 0.1) is 75.4 Å². The Morgan fingerprint density at radius 1 is 0.747 bits per heavy atom. The van der Waals surface area contributed by atoms with Gasteiger partial charge in [0, 0.05) is 128 Å². The van der Waals surface area contributed by atoms with Crippen molar-refractivity contribution in [1.82, 2.24) is 46.3 Å². The Morgan fingerprint density at radius 2 is 1.40 bits per heavy atom. The molecule has 0 bridgehead atoms. The molecular weight excluding hydrogens is 1210 g/mol. The maximum absolute atomic E-state index is 14.7. The van der Waals surface area contributed by atoms with Gasteiger partial charge in [-0.25, -0.2) is 4.79 Å². The lowest BCUT2D eigenvalue weighted by molar-refractivity contribution is -0.915. The molecule has 2 aliphatic heterocycles. The van der Waals surface area contributed by atoms with E-state index in [1.165, 1.54) is 14.2 Å². The van der Waals surface area contributed by atoms with Crippen LogP contribution in [0.15, 0.2) is 48.7 Å². The van der Waals surface area contributed by atoms with Crippen LogP contribution in [0.25, 0.3) is 0 Å². The Kier molecular flexibility index (Phi) is 33.4. The molecule has 0 radical (unpaired) electrons. The first-order chi connectivity index (χ1) is 44.9. The van der Waals surface area contributed by atoms with Gasteiger partial charge in [0.25, 0.3) is 0 Å². The number of methoxy groups -OCH3 is 2. The highest BCUT2D eigenvalue weighted by atomic mass is 16.5. The van der Waals surface area contributed by atoms with E-state index in [1.54, 1.807) is 73.4 Å². The second-order valence-electron chi connectivity index (χ2n) is 28.1. The van der Waals surface area contributed by atoms with Gasteiger partial charge in [-0.2, -0.15) is 0 Å². The van der Waals surface area contributed by atoms with Crippen LogP contribution in [-0.2, 0) is 65.6 Å². The van der Waals surface area contributed by atoms with Crippen LogP contribution in [0.2, 0.25) is 0 Å². The standard InChI is InChI=1S/C71H116N12O12/c1-17-47(8)64(81(13)70(92)62(45(4)5)79-69(91)63(46(6)7)80(11)12)58(94-15)42-60(87)82-35-21-25-55(82)65(95-16)48(9)56(84)41-52(39-54-24-18-19-33-74-54)67(89)76-43-49-27-29-53(30-28-49)77-68(90)51(23-20-34-75-71(72)93)40-57(85)61(44(2)3)78-59(86)26-22-36-83(14)37-31-50(32-38-83)66(88)73-10/h18-19,24,27-30,33,44-48,50-52,55,58,61-65H,17,20-23,25-26,31-32,34-43H2,1-16H3,(H7-,72,73,75,76,77,78,79,86,88,89,90,91,93)/p+1/t47-,48-,50?,51+,52+,55-,58+,61-,62-,63-,64-,65+,83?/m0/s1. The number of ketones is 2. The Bertz CT molecular complexity index is 2810. The number of anilines is 1. The van der Waals surface area contributed by atoms with Crippen LogP contribution < -0.4 is 37.6 Å². The number of pyridine rings is 1. The number of nitrogens with two attached hydrogens (primary N) is 1. The highest BCUT2D eigenvalue weighted by Gasteiger charge is 2.44. The van der Waals surface area contributed by atoms with E-state index < -0.39 is 72.1 Å². The molecule has 9 amide bonds. The SMILES string of the molecule is CC[C@H](C)[C@@H]([C@@H](CC(=O)N1CCC[C@H]1[C@H](OC)[C@@H](C)C(=O)C[C@@H](Cc1ccccn1)C(=O)NCc1ccc(NC(=O)[C@H](CCCNC(N)=O)CC(=O)[C@@H](NC(=O)CCC[N+]2(C)CCC(C(=O)NC)CC2)C(C)C)cc1)OC)N(C)C(=O)[C@@H](NC(=O)[C@H](C(C)C)N(C)C)C(C)C. The van der Waals surface area contributed by atoms with Gasteiger partial charge in [-0.1, -0.05) is 86.9 Å². The van der Waals surface area contributed by atoms with Gasteiger partial charge in [0.2, 0.25) is 41.4 Å². The van der Waals surface area contributed by atoms with Gasteiger partial charge in [-0.3, -0.25) is 53.0 Å². The minimum absolute atomic E-state index is 0.000323. The molecular formula is C71H117N12O12+. The van der Waals surface area contributed by atoms with E-state index in [0.717, 1.165) is 37.0 Å². The lowest BCUT2D eigenvalue weighted by Gasteiger charge is -2.41. The zero-order valence-corrected chi connectivity index (χ0v) is 59.9. The van der Waals surface area contributed by atoms with Gasteiger partial charge in [-0.05, 0) is 93.3 Å². The number of nitrogens with zero attached hydrogens (tertiary/aromatic N) is 5. The highest BCUT2D eigenvalue weighted by Crippen LogP contribution is 2.32. The van der Waals surface area contributed by atoms with E-state index in [4.69, 9.17) is 15.2 Å². The molecule has 0 saturated carbocycles. The van der Waals surface area contributed by atoms with Gasteiger partial charge in [0.15, 0.2) is 5.78 Å². The van der Waals surface area contributed by atoms with Gasteiger partial charge >= 0.3 is 6.03 Å². The largest absolute Gasteiger partial charge is 0.379 e.